The number of halogens is 1. The second kappa shape index (κ2) is 4.78. The fraction of sp³-hybridized carbons (Fsp3) is 0.200. The van der Waals surface area contributed by atoms with E-state index in [1.807, 2.05) is 11.4 Å². The molecule has 0 spiro atoms. The van der Waals surface area contributed by atoms with Crippen molar-refractivity contribution in [2.24, 2.45) is 5.73 Å². The van der Waals surface area contributed by atoms with Gasteiger partial charge in [0.1, 0.15) is 6.07 Å². The van der Waals surface area contributed by atoms with Crippen LogP contribution in [-0.4, -0.2) is 16.1 Å². The van der Waals surface area contributed by atoms with Crippen molar-refractivity contribution in [2.45, 2.75) is 6.04 Å². The summed E-state index contributed by atoms with van der Waals surface area (Å²) in [5.74, 6) is 0.389. The van der Waals surface area contributed by atoms with Gasteiger partial charge in [0.15, 0.2) is 0 Å². The molecule has 0 aliphatic carbocycles. The second-order valence-corrected chi connectivity index (χ2v) is 5.05. The van der Waals surface area contributed by atoms with Gasteiger partial charge in [-0.15, -0.1) is 11.3 Å². The SMILES string of the molecule is N#Cc1nccn1C(CN)c1cc(Br)cs1. The molecule has 1 atom stereocenters. The van der Waals surface area contributed by atoms with Crippen molar-refractivity contribution in [3.05, 3.63) is 39.0 Å². The summed E-state index contributed by atoms with van der Waals surface area (Å²) in [4.78, 5) is 5.09. The van der Waals surface area contributed by atoms with Gasteiger partial charge in [0.25, 0.3) is 0 Å². The highest BCUT2D eigenvalue weighted by atomic mass is 79.9. The van der Waals surface area contributed by atoms with E-state index >= 15 is 0 Å². The summed E-state index contributed by atoms with van der Waals surface area (Å²) >= 11 is 5.02. The first kappa shape index (κ1) is 11.3. The Hall–Kier alpha value is -1.16. The highest BCUT2D eigenvalue weighted by molar-refractivity contribution is 9.10. The van der Waals surface area contributed by atoms with E-state index in [9.17, 15) is 0 Å². The van der Waals surface area contributed by atoms with Gasteiger partial charge >= 0.3 is 0 Å². The molecule has 0 amide bonds. The number of thiophene rings is 1. The van der Waals surface area contributed by atoms with Gasteiger partial charge < -0.3 is 10.3 Å². The summed E-state index contributed by atoms with van der Waals surface area (Å²) in [5, 5.41) is 10.9. The lowest BCUT2D eigenvalue weighted by Crippen LogP contribution is -2.20. The first-order chi connectivity index (χ1) is 7.76. The third-order valence-corrected chi connectivity index (χ3v) is 4.04. The minimum atomic E-state index is -0.0200. The monoisotopic (exact) mass is 296 g/mol. The Morgan fingerprint density at radius 1 is 1.69 bits per heavy atom. The van der Waals surface area contributed by atoms with E-state index in [1.54, 1.807) is 28.3 Å². The third kappa shape index (κ3) is 2.02. The van der Waals surface area contributed by atoms with Gasteiger partial charge in [-0.1, -0.05) is 0 Å². The largest absolute Gasteiger partial charge is 0.328 e. The van der Waals surface area contributed by atoms with Crippen LogP contribution in [0.15, 0.2) is 28.3 Å². The standard InChI is InChI=1S/C10H9BrN4S/c11-7-3-9(16-6-7)8(4-12)15-2-1-14-10(15)5-13/h1-3,6,8H,4,12H2. The molecule has 1 unspecified atom stereocenters. The molecule has 0 fully saturated rings. The number of nitrogens with two attached hydrogens (primary N) is 1. The summed E-state index contributed by atoms with van der Waals surface area (Å²) in [5.41, 5.74) is 5.76. The maximum Gasteiger partial charge on any atom is 0.213 e. The fourth-order valence-corrected chi connectivity index (χ4v) is 3.08. The van der Waals surface area contributed by atoms with Gasteiger partial charge in [-0.3, -0.25) is 0 Å². The Bertz CT molecular complexity index is 525. The molecule has 2 aromatic heterocycles. The predicted octanol–water partition coefficient (Wildman–Crippen LogP) is 2.13. The maximum absolute atomic E-state index is 8.92. The average molecular weight is 297 g/mol. The first-order valence-corrected chi connectivity index (χ1v) is 6.30. The summed E-state index contributed by atoms with van der Waals surface area (Å²) in [6, 6.07) is 4.05. The van der Waals surface area contributed by atoms with Crippen LogP contribution in [0.25, 0.3) is 0 Å². The van der Waals surface area contributed by atoms with E-state index in [-0.39, 0.29) is 6.04 Å². The lowest BCUT2D eigenvalue weighted by Gasteiger charge is -2.15. The minimum absolute atomic E-state index is 0.0200. The minimum Gasteiger partial charge on any atom is -0.328 e. The molecule has 2 rings (SSSR count). The smallest absolute Gasteiger partial charge is 0.213 e. The van der Waals surface area contributed by atoms with Crippen LogP contribution < -0.4 is 5.73 Å². The number of imidazole rings is 1. The molecule has 4 nitrogen and oxygen atoms in total. The predicted molar refractivity (Wildman–Crippen MR) is 66.2 cm³/mol. The first-order valence-electron chi connectivity index (χ1n) is 4.63. The number of rotatable bonds is 3. The third-order valence-electron chi connectivity index (χ3n) is 2.24. The number of nitriles is 1. The quantitative estimate of drug-likeness (QED) is 0.943. The van der Waals surface area contributed by atoms with Crippen LogP contribution in [0.3, 0.4) is 0 Å². The van der Waals surface area contributed by atoms with Crippen LogP contribution in [0.1, 0.15) is 16.7 Å². The molecule has 2 heterocycles. The van der Waals surface area contributed by atoms with Gasteiger partial charge in [0.05, 0.1) is 6.04 Å². The van der Waals surface area contributed by atoms with Crippen LogP contribution >= 0.6 is 27.3 Å². The van der Waals surface area contributed by atoms with E-state index in [1.165, 1.54) is 0 Å². The van der Waals surface area contributed by atoms with Crippen molar-refractivity contribution in [3.63, 3.8) is 0 Å². The molecule has 0 radical (unpaired) electrons. The fourth-order valence-electron chi connectivity index (χ4n) is 1.52. The number of aromatic nitrogens is 2. The normalized spacial score (nSPS) is 12.3. The number of hydrogen-bond acceptors (Lipinski definition) is 4. The molecule has 82 valence electrons. The maximum atomic E-state index is 8.92. The van der Waals surface area contributed by atoms with Crippen LogP contribution in [-0.2, 0) is 0 Å². The molecule has 0 bridgehead atoms. The zero-order valence-corrected chi connectivity index (χ0v) is 10.7. The molecule has 0 aliphatic heterocycles. The zero-order chi connectivity index (χ0) is 11.5. The summed E-state index contributed by atoms with van der Waals surface area (Å²) in [7, 11) is 0. The topological polar surface area (TPSA) is 67.6 Å². The van der Waals surface area contributed by atoms with E-state index in [2.05, 4.69) is 27.0 Å². The van der Waals surface area contributed by atoms with E-state index in [0.29, 0.717) is 12.4 Å². The zero-order valence-electron chi connectivity index (χ0n) is 8.30. The molecular formula is C10H9BrN4S. The van der Waals surface area contributed by atoms with Crippen molar-refractivity contribution in [1.29, 1.82) is 5.26 Å². The van der Waals surface area contributed by atoms with Crippen molar-refractivity contribution >= 4 is 27.3 Å². The molecule has 0 saturated carbocycles. The van der Waals surface area contributed by atoms with Crippen LogP contribution in [0.4, 0.5) is 0 Å². The Labute approximate surface area is 105 Å². The van der Waals surface area contributed by atoms with E-state index in [0.717, 1.165) is 9.35 Å². The molecule has 2 N–H and O–H groups in total. The molecule has 2 aromatic rings. The lowest BCUT2D eigenvalue weighted by atomic mass is 10.2. The molecule has 16 heavy (non-hydrogen) atoms. The van der Waals surface area contributed by atoms with E-state index < -0.39 is 0 Å². The van der Waals surface area contributed by atoms with Crippen molar-refractivity contribution in [1.82, 2.24) is 9.55 Å². The Morgan fingerprint density at radius 3 is 3.06 bits per heavy atom. The molecule has 0 saturated heterocycles. The van der Waals surface area contributed by atoms with Gasteiger partial charge in [0, 0.05) is 33.7 Å². The average Bonchev–Trinajstić information content (AvgIpc) is 2.89. The van der Waals surface area contributed by atoms with Crippen LogP contribution in [0.5, 0.6) is 0 Å². The lowest BCUT2D eigenvalue weighted by molar-refractivity contribution is 0.597. The van der Waals surface area contributed by atoms with Crippen molar-refractivity contribution in [2.75, 3.05) is 6.54 Å². The molecular weight excluding hydrogens is 288 g/mol. The van der Waals surface area contributed by atoms with Crippen LogP contribution in [0, 0.1) is 11.3 Å². The van der Waals surface area contributed by atoms with Gasteiger partial charge in [-0.25, -0.2) is 4.98 Å². The van der Waals surface area contributed by atoms with Crippen molar-refractivity contribution < 1.29 is 0 Å². The highest BCUT2D eigenvalue weighted by Crippen LogP contribution is 2.28. The molecule has 0 aromatic carbocycles. The Kier molecular flexibility index (Phi) is 3.39. The second-order valence-electron chi connectivity index (χ2n) is 3.19. The Morgan fingerprint density at radius 2 is 2.50 bits per heavy atom. The number of nitrogens with zero attached hydrogens (tertiary/aromatic N) is 3. The van der Waals surface area contributed by atoms with Gasteiger partial charge in [0.2, 0.25) is 5.82 Å². The van der Waals surface area contributed by atoms with Crippen molar-refractivity contribution in [3.8, 4) is 6.07 Å². The van der Waals surface area contributed by atoms with Crippen LogP contribution in [0.2, 0.25) is 0 Å². The van der Waals surface area contributed by atoms with E-state index in [4.69, 9.17) is 11.0 Å². The summed E-state index contributed by atoms with van der Waals surface area (Å²) in [6.45, 7) is 0.442. The summed E-state index contributed by atoms with van der Waals surface area (Å²) in [6.07, 6.45) is 3.40. The Balaban J connectivity index is 2.41. The van der Waals surface area contributed by atoms with Gasteiger partial charge in [-0.05, 0) is 22.0 Å². The molecule has 6 heteroatoms. The summed E-state index contributed by atoms with van der Waals surface area (Å²) < 4.78 is 2.84. The highest BCUT2D eigenvalue weighted by Gasteiger charge is 2.16. The number of hydrogen-bond donors (Lipinski definition) is 1. The molecule has 0 aliphatic rings. The van der Waals surface area contributed by atoms with Gasteiger partial charge in [-0.2, -0.15) is 5.26 Å².